The summed E-state index contributed by atoms with van der Waals surface area (Å²) in [6.07, 6.45) is 1.34. The van der Waals surface area contributed by atoms with Crippen molar-refractivity contribution < 1.29 is 8.42 Å². The summed E-state index contributed by atoms with van der Waals surface area (Å²) in [5.74, 6) is 0.485. The molecule has 0 aliphatic carbocycles. The minimum atomic E-state index is -3.57. The van der Waals surface area contributed by atoms with Crippen molar-refractivity contribution in [3.05, 3.63) is 35.9 Å². The highest BCUT2D eigenvalue weighted by Gasteiger charge is 2.23. The van der Waals surface area contributed by atoms with Crippen molar-refractivity contribution >= 4 is 15.7 Å². The third-order valence-electron chi connectivity index (χ3n) is 2.72. The number of nitrogen functional groups attached to an aromatic ring is 1. The average molecular weight is 281 g/mol. The summed E-state index contributed by atoms with van der Waals surface area (Å²) in [4.78, 5) is 4.15. The third-order valence-corrected chi connectivity index (χ3v) is 4.69. The zero-order valence-corrected chi connectivity index (χ0v) is 11.5. The van der Waals surface area contributed by atoms with E-state index in [2.05, 4.69) is 15.2 Å². The largest absolute Gasteiger partial charge is 0.399 e. The Balaban J connectivity index is 2.31. The topological polar surface area (TPSA) is 105 Å². The number of hydrogen-bond donors (Lipinski definition) is 2. The first-order chi connectivity index (χ1) is 8.91. The summed E-state index contributed by atoms with van der Waals surface area (Å²) in [7, 11) is -2.08. The van der Waals surface area contributed by atoms with Crippen LogP contribution in [-0.4, -0.2) is 35.0 Å². The summed E-state index contributed by atoms with van der Waals surface area (Å²) in [6, 6.07) is 4.72. The van der Waals surface area contributed by atoms with E-state index in [1.807, 2.05) is 0 Å². The van der Waals surface area contributed by atoms with E-state index in [-0.39, 0.29) is 11.4 Å². The standard InChI is InChI=1S/C11H15N5O2S/c1-8-5-9(12)3-4-10(8)19(17,18)16(2)6-11-13-7-14-15-11/h3-5,7H,6,12H2,1-2H3,(H,13,14,15). The molecular weight excluding hydrogens is 266 g/mol. The first-order valence-electron chi connectivity index (χ1n) is 5.58. The highest BCUT2D eigenvalue weighted by Crippen LogP contribution is 2.21. The van der Waals surface area contributed by atoms with Crippen LogP contribution in [0, 0.1) is 6.92 Å². The maximum Gasteiger partial charge on any atom is 0.243 e. The third kappa shape index (κ3) is 2.74. The quantitative estimate of drug-likeness (QED) is 0.795. The van der Waals surface area contributed by atoms with Gasteiger partial charge in [0.1, 0.15) is 12.2 Å². The number of hydrogen-bond acceptors (Lipinski definition) is 5. The van der Waals surface area contributed by atoms with Crippen molar-refractivity contribution in [2.24, 2.45) is 0 Å². The molecule has 0 aliphatic rings. The minimum Gasteiger partial charge on any atom is -0.399 e. The molecular formula is C11H15N5O2S. The van der Waals surface area contributed by atoms with Crippen LogP contribution in [0.4, 0.5) is 5.69 Å². The predicted octanol–water partition coefficient (Wildman–Crippen LogP) is 0.516. The molecule has 0 unspecified atom stereocenters. The summed E-state index contributed by atoms with van der Waals surface area (Å²) in [5, 5.41) is 6.31. The number of sulfonamides is 1. The van der Waals surface area contributed by atoms with Gasteiger partial charge >= 0.3 is 0 Å². The SMILES string of the molecule is Cc1cc(N)ccc1S(=O)(=O)N(C)Cc1ncn[nH]1. The second kappa shape index (κ2) is 4.98. The zero-order chi connectivity index (χ0) is 14.0. The van der Waals surface area contributed by atoms with Gasteiger partial charge in [-0.15, -0.1) is 0 Å². The molecule has 0 radical (unpaired) electrons. The highest BCUT2D eigenvalue weighted by molar-refractivity contribution is 7.89. The number of nitrogens with zero attached hydrogens (tertiary/aromatic N) is 3. The first kappa shape index (κ1) is 13.5. The molecule has 0 saturated heterocycles. The van der Waals surface area contributed by atoms with Gasteiger partial charge in [-0.2, -0.15) is 9.40 Å². The molecule has 3 N–H and O–H groups in total. The lowest BCUT2D eigenvalue weighted by Crippen LogP contribution is -2.27. The molecule has 0 amide bonds. The predicted molar refractivity (Wildman–Crippen MR) is 70.6 cm³/mol. The van der Waals surface area contributed by atoms with Gasteiger partial charge in [0.05, 0.1) is 11.4 Å². The van der Waals surface area contributed by atoms with Crippen molar-refractivity contribution in [1.82, 2.24) is 19.5 Å². The van der Waals surface area contributed by atoms with Crippen LogP contribution in [0.2, 0.25) is 0 Å². The van der Waals surface area contributed by atoms with Crippen LogP contribution in [-0.2, 0) is 16.6 Å². The number of aromatic nitrogens is 3. The number of aryl methyl sites for hydroxylation is 1. The molecule has 0 atom stereocenters. The van der Waals surface area contributed by atoms with E-state index in [0.717, 1.165) is 0 Å². The van der Waals surface area contributed by atoms with Crippen molar-refractivity contribution in [1.29, 1.82) is 0 Å². The van der Waals surface area contributed by atoms with Gasteiger partial charge in [-0.25, -0.2) is 13.4 Å². The molecule has 0 spiro atoms. The lowest BCUT2D eigenvalue weighted by atomic mass is 10.2. The van der Waals surface area contributed by atoms with Crippen LogP contribution in [0.25, 0.3) is 0 Å². The van der Waals surface area contributed by atoms with Gasteiger partial charge in [-0.1, -0.05) is 0 Å². The number of nitrogens with two attached hydrogens (primary N) is 1. The molecule has 102 valence electrons. The van der Waals surface area contributed by atoms with Gasteiger partial charge in [0.2, 0.25) is 10.0 Å². The number of aromatic amines is 1. The molecule has 8 heteroatoms. The minimum absolute atomic E-state index is 0.131. The fourth-order valence-corrected chi connectivity index (χ4v) is 3.07. The lowest BCUT2D eigenvalue weighted by molar-refractivity contribution is 0.457. The van der Waals surface area contributed by atoms with Crippen LogP contribution in [0.5, 0.6) is 0 Å². The summed E-state index contributed by atoms with van der Waals surface area (Å²) >= 11 is 0. The van der Waals surface area contributed by atoms with Crippen molar-refractivity contribution in [3.8, 4) is 0 Å². The Morgan fingerprint density at radius 1 is 1.42 bits per heavy atom. The van der Waals surface area contributed by atoms with E-state index in [1.54, 1.807) is 19.1 Å². The second-order valence-corrected chi connectivity index (χ2v) is 6.23. The monoisotopic (exact) mass is 281 g/mol. The van der Waals surface area contributed by atoms with Gasteiger partial charge in [0.15, 0.2) is 0 Å². The van der Waals surface area contributed by atoms with E-state index >= 15 is 0 Å². The molecule has 1 heterocycles. The molecule has 1 aromatic carbocycles. The molecule has 2 rings (SSSR count). The first-order valence-corrected chi connectivity index (χ1v) is 7.02. The van der Waals surface area contributed by atoms with Crippen LogP contribution >= 0.6 is 0 Å². The van der Waals surface area contributed by atoms with Gasteiger partial charge in [0, 0.05) is 12.7 Å². The summed E-state index contributed by atoms with van der Waals surface area (Å²) in [6.45, 7) is 1.84. The number of nitrogens with one attached hydrogen (secondary N) is 1. The molecule has 2 aromatic rings. The fraction of sp³-hybridized carbons (Fsp3) is 0.273. The van der Waals surface area contributed by atoms with E-state index in [4.69, 9.17) is 5.73 Å². The summed E-state index contributed by atoms with van der Waals surface area (Å²) in [5.41, 5.74) is 6.78. The van der Waals surface area contributed by atoms with Gasteiger partial charge in [-0.3, -0.25) is 5.10 Å². The Hall–Kier alpha value is -1.93. The number of H-pyrrole nitrogens is 1. The Labute approximate surface area is 111 Å². The molecule has 19 heavy (non-hydrogen) atoms. The lowest BCUT2D eigenvalue weighted by Gasteiger charge is -2.17. The molecule has 0 bridgehead atoms. The van der Waals surface area contributed by atoms with E-state index < -0.39 is 10.0 Å². The Morgan fingerprint density at radius 2 is 2.16 bits per heavy atom. The average Bonchev–Trinajstić information content (AvgIpc) is 2.81. The maximum atomic E-state index is 12.4. The van der Waals surface area contributed by atoms with E-state index in [1.165, 1.54) is 23.7 Å². The van der Waals surface area contributed by atoms with Gasteiger partial charge < -0.3 is 5.73 Å². The van der Waals surface area contributed by atoms with Gasteiger partial charge in [-0.05, 0) is 30.7 Å². The smallest absolute Gasteiger partial charge is 0.243 e. The Bertz CT molecular complexity index is 666. The zero-order valence-electron chi connectivity index (χ0n) is 10.7. The molecule has 0 fully saturated rings. The highest BCUT2D eigenvalue weighted by atomic mass is 32.2. The normalized spacial score (nSPS) is 11.9. The van der Waals surface area contributed by atoms with Crippen LogP contribution in [0.1, 0.15) is 11.4 Å². The van der Waals surface area contributed by atoms with Crippen LogP contribution < -0.4 is 5.73 Å². The number of rotatable bonds is 4. The molecule has 0 aliphatic heterocycles. The van der Waals surface area contributed by atoms with Crippen LogP contribution in [0.15, 0.2) is 29.4 Å². The molecule has 7 nitrogen and oxygen atoms in total. The fourth-order valence-electron chi connectivity index (χ4n) is 1.73. The molecule has 1 aromatic heterocycles. The summed E-state index contributed by atoms with van der Waals surface area (Å²) < 4.78 is 26.0. The van der Waals surface area contributed by atoms with Gasteiger partial charge in [0.25, 0.3) is 0 Å². The Morgan fingerprint density at radius 3 is 2.74 bits per heavy atom. The molecule has 0 saturated carbocycles. The number of anilines is 1. The maximum absolute atomic E-state index is 12.4. The van der Waals surface area contributed by atoms with E-state index in [0.29, 0.717) is 17.1 Å². The van der Waals surface area contributed by atoms with Crippen molar-refractivity contribution in [2.75, 3.05) is 12.8 Å². The van der Waals surface area contributed by atoms with Crippen molar-refractivity contribution in [2.45, 2.75) is 18.4 Å². The second-order valence-electron chi connectivity index (χ2n) is 4.22. The number of benzene rings is 1. The van der Waals surface area contributed by atoms with E-state index in [9.17, 15) is 8.42 Å². The Kier molecular flexibility index (Phi) is 3.54. The van der Waals surface area contributed by atoms with Crippen LogP contribution in [0.3, 0.4) is 0 Å². The van der Waals surface area contributed by atoms with Crippen molar-refractivity contribution in [3.63, 3.8) is 0 Å².